The van der Waals surface area contributed by atoms with Crippen LogP contribution in [0.2, 0.25) is 10.0 Å². The van der Waals surface area contributed by atoms with Crippen molar-refractivity contribution in [2.75, 3.05) is 60.2 Å². The average Bonchev–Trinajstić information content (AvgIpc) is 2.78. The van der Waals surface area contributed by atoms with E-state index in [2.05, 4.69) is 14.9 Å². The van der Waals surface area contributed by atoms with Crippen LogP contribution in [-0.4, -0.2) is 73.5 Å². The van der Waals surface area contributed by atoms with E-state index in [1.807, 2.05) is 26.2 Å². The van der Waals surface area contributed by atoms with Gasteiger partial charge in [0.2, 0.25) is 10.0 Å². The first kappa shape index (κ1) is 26.4. The largest absolute Gasteiger partial charge is 0.378 e. The van der Waals surface area contributed by atoms with Crippen LogP contribution in [0.4, 0.5) is 0 Å². The van der Waals surface area contributed by atoms with E-state index >= 15 is 0 Å². The number of halogens is 2. The minimum absolute atomic E-state index is 0.0312. The predicted molar refractivity (Wildman–Crippen MR) is 132 cm³/mol. The topological polar surface area (TPSA) is 79.9 Å². The summed E-state index contributed by atoms with van der Waals surface area (Å²) < 4.78 is 39.1. The second-order valence-corrected chi connectivity index (χ2v) is 10.6. The van der Waals surface area contributed by atoms with Gasteiger partial charge >= 0.3 is 0 Å². The van der Waals surface area contributed by atoms with Gasteiger partial charge in [0.15, 0.2) is 0 Å². The SMILES string of the molecule is CNCCOCCOCCNS(=O)(=O)c1cccc(C2CN(C)Cc3c(Cl)cc(Cl)cc32)c1. The molecule has 1 aliphatic rings. The molecule has 0 aliphatic carbocycles. The zero-order chi connectivity index (χ0) is 23.8. The molecule has 0 fully saturated rings. The normalized spacial score (nSPS) is 16.7. The van der Waals surface area contributed by atoms with E-state index in [1.54, 1.807) is 24.3 Å². The maximum atomic E-state index is 12.8. The number of likely N-dealkylation sites (N-methyl/N-ethyl adjacent to an activating group) is 2. The highest BCUT2D eigenvalue weighted by Crippen LogP contribution is 2.38. The number of benzene rings is 2. The molecule has 3 rings (SSSR count). The minimum Gasteiger partial charge on any atom is -0.378 e. The number of hydrogen-bond donors (Lipinski definition) is 2. The van der Waals surface area contributed by atoms with Crippen LogP contribution in [0.15, 0.2) is 41.3 Å². The highest BCUT2D eigenvalue weighted by atomic mass is 35.5. The second-order valence-electron chi connectivity index (χ2n) is 8.00. The molecule has 182 valence electrons. The first-order valence-electron chi connectivity index (χ1n) is 10.9. The van der Waals surface area contributed by atoms with Gasteiger partial charge in [-0.3, -0.25) is 0 Å². The molecular weight excluding hydrogens is 485 g/mol. The Morgan fingerprint density at radius 1 is 1.06 bits per heavy atom. The summed E-state index contributed by atoms with van der Waals surface area (Å²) in [6, 6.07) is 10.7. The molecule has 2 aromatic carbocycles. The molecule has 2 aromatic rings. The highest BCUT2D eigenvalue weighted by Gasteiger charge is 2.28. The summed E-state index contributed by atoms with van der Waals surface area (Å²) in [5.41, 5.74) is 2.97. The zero-order valence-corrected chi connectivity index (χ0v) is 21.3. The summed E-state index contributed by atoms with van der Waals surface area (Å²) in [4.78, 5) is 2.39. The summed E-state index contributed by atoms with van der Waals surface area (Å²) in [5.74, 6) is -0.0312. The van der Waals surface area contributed by atoms with Crippen LogP contribution >= 0.6 is 23.2 Å². The molecule has 0 saturated heterocycles. The molecule has 10 heteroatoms. The van der Waals surface area contributed by atoms with Crippen LogP contribution < -0.4 is 10.0 Å². The number of sulfonamides is 1. The van der Waals surface area contributed by atoms with Crippen LogP contribution in [0, 0.1) is 0 Å². The van der Waals surface area contributed by atoms with Crippen molar-refractivity contribution >= 4 is 33.2 Å². The highest BCUT2D eigenvalue weighted by molar-refractivity contribution is 7.89. The standard InChI is InChI=1S/C23H31Cl2N3O4S/c1-26-6-8-31-10-11-32-9-7-27-33(29,30)19-5-3-4-17(12-19)21-15-28(2)16-22-20(21)13-18(24)14-23(22)25/h3-5,12-14,21,26-27H,6-11,15-16H2,1-2H3. The van der Waals surface area contributed by atoms with Gasteiger partial charge in [0.25, 0.3) is 0 Å². The quantitative estimate of drug-likeness (QED) is 0.422. The molecule has 0 radical (unpaired) electrons. The lowest BCUT2D eigenvalue weighted by Crippen LogP contribution is -2.31. The maximum Gasteiger partial charge on any atom is 0.240 e. The third-order valence-corrected chi connectivity index (χ3v) is 7.48. The van der Waals surface area contributed by atoms with E-state index in [0.29, 0.717) is 29.9 Å². The fourth-order valence-corrected chi connectivity index (χ4v) is 5.49. The molecule has 1 aliphatic heterocycles. The molecule has 1 heterocycles. The lowest BCUT2D eigenvalue weighted by molar-refractivity contribution is 0.0515. The summed E-state index contributed by atoms with van der Waals surface area (Å²) in [7, 11) is 0.214. The Kier molecular flexibility index (Phi) is 9.96. The van der Waals surface area contributed by atoms with Gasteiger partial charge in [-0.1, -0.05) is 35.3 Å². The third-order valence-electron chi connectivity index (χ3n) is 5.47. The van der Waals surface area contributed by atoms with E-state index in [1.165, 1.54) is 0 Å². The number of rotatable bonds is 12. The fourth-order valence-electron chi connectivity index (χ4n) is 3.86. The van der Waals surface area contributed by atoms with E-state index in [0.717, 1.165) is 36.3 Å². The fraction of sp³-hybridized carbons (Fsp3) is 0.478. The van der Waals surface area contributed by atoms with Crippen molar-refractivity contribution in [3.8, 4) is 0 Å². The molecule has 0 aromatic heterocycles. The predicted octanol–water partition coefficient (Wildman–Crippen LogP) is 3.10. The van der Waals surface area contributed by atoms with Gasteiger partial charge in [0.05, 0.1) is 31.3 Å². The van der Waals surface area contributed by atoms with Gasteiger partial charge in [-0.15, -0.1) is 0 Å². The van der Waals surface area contributed by atoms with Gasteiger partial charge in [-0.25, -0.2) is 13.1 Å². The Morgan fingerprint density at radius 2 is 1.79 bits per heavy atom. The van der Waals surface area contributed by atoms with Crippen LogP contribution in [-0.2, 0) is 26.0 Å². The monoisotopic (exact) mass is 515 g/mol. The van der Waals surface area contributed by atoms with Crippen molar-refractivity contribution in [1.29, 1.82) is 0 Å². The molecule has 1 unspecified atom stereocenters. The van der Waals surface area contributed by atoms with Crippen molar-refractivity contribution in [2.45, 2.75) is 17.4 Å². The van der Waals surface area contributed by atoms with E-state index in [9.17, 15) is 8.42 Å². The number of ether oxygens (including phenoxy) is 2. The molecule has 1 atom stereocenters. The molecule has 0 bridgehead atoms. The molecule has 0 amide bonds. The molecular formula is C23H31Cl2N3O4S. The van der Waals surface area contributed by atoms with E-state index in [-0.39, 0.29) is 24.0 Å². The number of hydrogen-bond acceptors (Lipinski definition) is 6. The van der Waals surface area contributed by atoms with E-state index in [4.69, 9.17) is 32.7 Å². The Hall–Kier alpha value is -1.23. The molecule has 2 N–H and O–H groups in total. The summed E-state index contributed by atoms with van der Waals surface area (Å²) in [5, 5.41) is 4.20. The Bertz CT molecular complexity index is 1040. The van der Waals surface area contributed by atoms with Gasteiger partial charge in [-0.05, 0) is 55.1 Å². The van der Waals surface area contributed by atoms with Crippen LogP contribution in [0.25, 0.3) is 0 Å². The zero-order valence-electron chi connectivity index (χ0n) is 18.9. The Morgan fingerprint density at radius 3 is 2.52 bits per heavy atom. The minimum atomic E-state index is -3.67. The molecule has 33 heavy (non-hydrogen) atoms. The van der Waals surface area contributed by atoms with Gasteiger partial charge in [0, 0.05) is 42.1 Å². The summed E-state index contributed by atoms with van der Waals surface area (Å²) in [6.07, 6.45) is 0. The van der Waals surface area contributed by atoms with E-state index < -0.39 is 10.0 Å². The van der Waals surface area contributed by atoms with Crippen LogP contribution in [0.1, 0.15) is 22.6 Å². The average molecular weight is 516 g/mol. The molecule has 7 nitrogen and oxygen atoms in total. The Labute approximate surface area is 206 Å². The maximum absolute atomic E-state index is 12.8. The molecule has 0 spiro atoms. The van der Waals surface area contributed by atoms with Gasteiger partial charge in [0.1, 0.15) is 0 Å². The van der Waals surface area contributed by atoms with Crippen molar-refractivity contribution in [3.63, 3.8) is 0 Å². The van der Waals surface area contributed by atoms with Crippen molar-refractivity contribution in [3.05, 3.63) is 63.1 Å². The lowest BCUT2D eigenvalue weighted by Gasteiger charge is -2.33. The molecule has 0 saturated carbocycles. The first-order chi connectivity index (χ1) is 15.8. The van der Waals surface area contributed by atoms with Crippen molar-refractivity contribution in [1.82, 2.24) is 14.9 Å². The van der Waals surface area contributed by atoms with Gasteiger partial charge < -0.3 is 19.7 Å². The third kappa shape index (κ3) is 7.37. The van der Waals surface area contributed by atoms with Crippen LogP contribution in [0.3, 0.4) is 0 Å². The number of nitrogens with zero attached hydrogens (tertiary/aromatic N) is 1. The summed E-state index contributed by atoms with van der Waals surface area (Å²) >= 11 is 12.7. The first-order valence-corrected chi connectivity index (χ1v) is 13.1. The van der Waals surface area contributed by atoms with Crippen molar-refractivity contribution in [2.24, 2.45) is 0 Å². The second kappa shape index (κ2) is 12.5. The summed E-state index contributed by atoms with van der Waals surface area (Å²) in [6.45, 7) is 4.20. The Balaban J connectivity index is 1.64. The smallest absolute Gasteiger partial charge is 0.240 e. The van der Waals surface area contributed by atoms with Crippen molar-refractivity contribution < 1.29 is 17.9 Å². The lowest BCUT2D eigenvalue weighted by atomic mass is 9.85. The van der Waals surface area contributed by atoms with Gasteiger partial charge in [-0.2, -0.15) is 0 Å². The van der Waals surface area contributed by atoms with Crippen LogP contribution in [0.5, 0.6) is 0 Å². The number of nitrogens with one attached hydrogen (secondary N) is 2. The number of fused-ring (bicyclic) bond motifs is 1.